The Morgan fingerprint density at radius 2 is 2.55 bits per heavy atom. The first-order chi connectivity index (χ1) is 5.34. The molecule has 4 heteroatoms. The molecule has 1 fully saturated rings. The predicted molar refractivity (Wildman–Crippen MR) is 41.0 cm³/mol. The fourth-order valence-corrected chi connectivity index (χ4v) is 1.13. The van der Waals surface area contributed by atoms with Crippen LogP contribution in [0.2, 0.25) is 0 Å². The molecule has 11 heavy (non-hydrogen) atoms. The van der Waals surface area contributed by atoms with Crippen molar-refractivity contribution in [3.8, 4) is 0 Å². The SMILES string of the molecule is NCCOC(=O)C1CCNC1. The van der Waals surface area contributed by atoms with Crippen molar-refractivity contribution in [2.24, 2.45) is 11.7 Å². The molecule has 3 N–H and O–H groups in total. The van der Waals surface area contributed by atoms with Crippen LogP contribution >= 0.6 is 0 Å². The second-order valence-electron chi connectivity index (χ2n) is 2.65. The third-order valence-corrected chi connectivity index (χ3v) is 1.76. The fourth-order valence-electron chi connectivity index (χ4n) is 1.13. The molecular weight excluding hydrogens is 144 g/mol. The van der Waals surface area contributed by atoms with Crippen LogP contribution in [0.15, 0.2) is 0 Å². The Labute approximate surface area is 66.1 Å². The number of hydrogen-bond acceptors (Lipinski definition) is 4. The maximum Gasteiger partial charge on any atom is 0.310 e. The van der Waals surface area contributed by atoms with Crippen molar-refractivity contribution in [2.45, 2.75) is 6.42 Å². The van der Waals surface area contributed by atoms with Gasteiger partial charge in [0.1, 0.15) is 6.61 Å². The van der Waals surface area contributed by atoms with Crippen molar-refractivity contribution >= 4 is 5.97 Å². The van der Waals surface area contributed by atoms with Crippen LogP contribution in [0, 0.1) is 5.92 Å². The molecule has 4 nitrogen and oxygen atoms in total. The van der Waals surface area contributed by atoms with Gasteiger partial charge in [0, 0.05) is 13.1 Å². The summed E-state index contributed by atoms with van der Waals surface area (Å²) in [5, 5.41) is 3.10. The zero-order chi connectivity index (χ0) is 8.10. The van der Waals surface area contributed by atoms with Gasteiger partial charge >= 0.3 is 5.97 Å². The summed E-state index contributed by atoms with van der Waals surface area (Å²) < 4.78 is 4.87. The highest BCUT2D eigenvalue weighted by Gasteiger charge is 2.23. The number of nitrogens with one attached hydrogen (secondary N) is 1. The van der Waals surface area contributed by atoms with Gasteiger partial charge in [-0.3, -0.25) is 4.79 Å². The summed E-state index contributed by atoms with van der Waals surface area (Å²) in [4.78, 5) is 11.1. The van der Waals surface area contributed by atoms with Gasteiger partial charge in [0.05, 0.1) is 5.92 Å². The molecule has 1 unspecified atom stereocenters. The van der Waals surface area contributed by atoms with Crippen molar-refractivity contribution in [3.63, 3.8) is 0 Å². The molecule has 0 spiro atoms. The number of rotatable bonds is 3. The Hall–Kier alpha value is -0.610. The van der Waals surface area contributed by atoms with E-state index in [1.807, 2.05) is 0 Å². The van der Waals surface area contributed by atoms with Gasteiger partial charge in [-0.05, 0) is 13.0 Å². The van der Waals surface area contributed by atoms with Crippen molar-refractivity contribution in [3.05, 3.63) is 0 Å². The van der Waals surface area contributed by atoms with Gasteiger partial charge in [0.2, 0.25) is 0 Å². The van der Waals surface area contributed by atoms with E-state index in [0.717, 1.165) is 19.5 Å². The quantitative estimate of drug-likeness (QED) is 0.522. The van der Waals surface area contributed by atoms with Crippen molar-refractivity contribution in [1.29, 1.82) is 0 Å². The van der Waals surface area contributed by atoms with Crippen molar-refractivity contribution in [2.75, 3.05) is 26.2 Å². The molecule has 1 atom stereocenters. The van der Waals surface area contributed by atoms with Crippen LogP contribution < -0.4 is 11.1 Å². The minimum atomic E-state index is -0.111. The lowest BCUT2D eigenvalue weighted by Gasteiger charge is -2.06. The Balaban J connectivity index is 2.17. The minimum Gasteiger partial charge on any atom is -0.464 e. The molecular formula is C7H14N2O2. The third kappa shape index (κ3) is 2.48. The van der Waals surface area contributed by atoms with E-state index < -0.39 is 0 Å². The first kappa shape index (κ1) is 8.49. The van der Waals surface area contributed by atoms with E-state index >= 15 is 0 Å². The van der Waals surface area contributed by atoms with E-state index in [-0.39, 0.29) is 11.9 Å². The molecule has 0 aliphatic carbocycles. The molecule has 1 saturated heterocycles. The monoisotopic (exact) mass is 158 g/mol. The molecule has 1 aliphatic rings. The second-order valence-corrected chi connectivity index (χ2v) is 2.65. The normalized spacial score (nSPS) is 23.5. The molecule has 0 amide bonds. The Bertz CT molecular complexity index is 132. The van der Waals surface area contributed by atoms with E-state index in [4.69, 9.17) is 10.5 Å². The highest BCUT2D eigenvalue weighted by molar-refractivity contribution is 5.73. The van der Waals surface area contributed by atoms with Crippen LogP contribution in [0.1, 0.15) is 6.42 Å². The number of carbonyl (C=O) groups is 1. The first-order valence-corrected chi connectivity index (χ1v) is 3.92. The van der Waals surface area contributed by atoms with Gasteiger partial charge in [-0.2, -0.15) is 0 Å². The average Bonchev–Trinajstić information content (AvgIpc) is 2.52. The van der Waals surface area contributed by atoms with E-state index in [1.165, 1.54) is 0 Å². The summed E-state index contributed by atoms with van der Waals surface area (Å²) >= 11 is 0. The Kier molecular flexibility index (Phi) is 3.32. The predicted octanol–water partition coefficient (Wildman–Crippen LogP) is -0.902. The van der Waals surface area contributed by atoms with Crippen LogP contribution in [0.4, 0.5) is 0 Å². The van der Waals surface area contributed by atoms with Crippen molar-refractivity contribution in [1.82, 2.24) is 5.32 Å². The third-order valence-electron chi connectivity index (χ3n) is 1.76. The van der Waals surface area contributed by atoms with Crippen LogP contribution in [0.25, 0.3) is 0 Å². The lowest BCUT2D eigenvalue weighted by atomic mass is 10.1. The average molecular weight is 158 g/mol. The molecule has 1 heterocycles. The second kappa shape index (κ2) is 4.31. The number of carbonyl (C=O) groups excluding carboxylic acids is 1. The van der Waals surface area contributed by atoms with Gasteiger partial charge in [-0.1, -0.05) is 0 Å². The molecule has 1 rings (SSSR count). The number of hydrogen-bond donors (Lipinski definition) is 2. The van der Waals surface area contributed by atoms with Gasteiger partial charge in [-0.15, -0.1) is 0 Å². The van der Waals surface area contributed by atoms with E-state index in [1.54, 1.807) is 0 Å². The Morgan fingerprint density at radius 1 is 1.73 bits per heavy atom. The van der Waals surface area contributed by atoms with Crippen LogP contribution in [0.5, 0.6) is 0 Å². The Morgan fingerprint density at radius 3 is 3.09 bits per heavy atom. The summed E-state index contributed by atoms with van der Waals surface area (Å²) in [5.41, 5.74) is 5.18. The van der Waals surface area contributed by atoms with Crippen LogP contribution in [0.3, 0.4) is 0 Å². The summed E-state index contributed by atoms with van der Waals surface area (Å²) in [6.07, 6.45) is 0.892. The highest BCUT2D eigenvalue weighted by atomic mass is 16.5. The molecule has 0 aromatic carbocycles. The van der Waals surface area contributed by atoms with Crippen LogP contribution in [-0.2, 0) is 9.53 Å². The summed E-state index contributed by atoms with van der Waals surface area (Å²) in [7, 11) is 0. The number of ether oxygens (including phenoxy) is 1. The van der Waals surface area contributed by atoms with Gasteiger partial charge in [0.25, 0.3) is 0 Å². The van der Waals surface area contributed by atoms with Gasteiger partial charge < -0.3 is 15.8 Å². The maximum atomic E-state index is 11.1. The number of nitrogens with two attached hydrogens (primary N) is 1. The topological polar surface area (TPSA) is 64.3 Å². The maximum absolute atomic E-state index is 11.1. The van der Waals surface area contributed by atoms with Crippen LogP contribution in [-0.4, -0.2) is 32.2 Å². The summed E-state index contributed by atoms with van der Waals surface area (Å²) in [6.45, 7) is 2.42. The number of esters is 1. The molecule has 0 saturated carbocycles. The smallest absolute Gasteiger partial charge is 0.310 e. The minimum absolute atomic E-state index is 0.0570. The lowest BCUT2D eigenvalue weighted by molar-refractivity contribution is -0.147. The summed E-state index contributed by atoms with van der Waals surface area (Å²) in [5.74, 6) is -0.0537. The van der Waals surface area contributed by atoms with Gasteiger partial charge in [-0.25, -0.2) is 0 Å². The largest absolute Gasteiger partial charge is 0.464 e. The van der Waals surface area contributed by atoms with E-state index in [2.05, 4.69) is 5.32 Å². The molecule has 64 valence electrons. The molecule has 0 bridgehead atoms. The highest BCUT2D eigenvalue weighted by Crippen LogP contribution is 2.08. The summed E-state index contributed by atoms with van der Waals surface area (Å²) in [6, 6.07) is 0. The molecule has 1 aliphatic heterocycles. The van der Waals surface area contributed by atoms with E-state index in [9.17, 15) is 4.79 Å². The molecule has 0 radical (unpaired) electrons. The lowest BCUT2D eigenvalue weighted by Crippen LogP contribution is -2.22. The van der Waals surface area contributed by atoms with E-state index in [0.29, 0.717) is 13.2 Å². The standard InChI is InChI=1S/C7H14N2O2/c8-2-4-11-7(10)6-1-3-9-5-6/h6,9H,1-5,8H2. The zero-order valence-electron chi connectivity index (χ0n) is 6.51. The zero-order valence-corrected chi connectivity index (χ0v) is 6.51. The van der Waals surface area contributed by atoms with Gasteiger partial charge in [0.15, 0.2) is 0 Å². The fraction of sp³-hybridized carbons (Fsp3) is 0.857. The molecule has 0 aromatic rings. The first-order valence-electron chi connectivity index (χ1n) is 3.92. The molecule has 0 aromatic heterocycles. The van der Waals surface area contributed by atoms with Crippen molar-refractivity contribution < 1.29 is 9.53 Å².